The summed E-state index contributed by atoms with van der Waals surface area (Å²) in [7, 11) is 0. The molecule has 0 radical (unpaired) electrons. The van der Waals surface area contributed by atoms with Crippen molar-refractivity contribution in [3.05, 3.63) is 35.4 Å². The van der Waals surface area contributed by atoms with Gasteiger partial charge in [0, 0.05) is 6.54 Å². The number of rotatable bonds is 3. The van der Waals surface area contributed by atoms with Gasteiger partial charge in [0.2, 0.25) is 0 Å². The van der Waals surface area contributed by atoms with Crippen LogP contribution in [0.3, 0.4) is 0 Å². The minimum absolute atomic E-state index is 0.0979. The summed E-state index contributed by atoms with van der Waals surface area (Å²) in [5.74, 6) is -0.0979. The van der Waals surface area contributed by atoms with Crippen molar-refractivity contribution in [1.29, 1.82) is 0 Å². The van der Waals surface area contributed by atoms with Gasteiger partial charge in [0.15, 0.2) is 0 Å². The van der Waals surface area contributed by atoms with Gasteiger partial charge in [0.05, 0.1) is 6.54 Å². The first-order valence-corrected chi connectivity index (χ1v) is 7.57. The first kappa shape index (κ1) is 14.1. The Morgan fingerprint density at radius 2 is 1.90 bits per heavy atom. The predicted molar refractivity (Wildman–Crippen MR) is 79.7 cm³/mol. The number of aryl methyl sites for hydroxylation is 1. The van der Waals surface area contributed by atoms with Gasteiger partial charge >= 0.3 is 6.03 Å². The summed E-state index contributed by atoms with van der Waals surface area (Å²) >= 11 is 0. The molecule has 1 atom stereocenters. The highest BCUT2D eigenvalue weighted by molar-refractivity contribution is 6.07. The molecule has 3 amide bonds. The van der Waals surface area contributed by atoms with Crippen LogP contribution in [-0.2, 0) is 17.8 Å². The molecule has 21 heavy (non-hydrogen) atoms. The maximum absolute atomic E-state index is 12.6. The van der Waals surface area contributed by atoms with E-state index >= 15 is 0 Å². The molecular weight excluding hydrogens is 266 g/mol. The normalized spacial score (nSPS) is 25.5. The fraction of sp³-hybridized carbons (Fsp3) is 0.500. The van der Waals surface area contributed by atoms with Crippen LogP contribution >= 0.6 is 0 Å². The van der Waals surface area contributed by atoms with Gasteiger partial charge in [-0.3, -0.25) is 9.69 Å². The topological polar surface area (TPSA) is 61.4 Å². The third-order valence-corrected chi connectivity index (χ3v) is 4.40. The maximum Gasteiger partial charge on any atom is 0.325 e. The number of hydrogen-bond donors (Lipinski definition) is 2. The Kier molecular flexibility index (Phi) is 3.68. The van der Waals surface area contributed by atoms with Gasteiger partial charge in [-0.2, -0.15) is 0 Å². The number of carbonyl (C=O) groups excluding carboxylic acids is 2. The van der Waals surface area contributed by atoms with Gasteiger partial charge < -0.3 is 10.6 Å². The van der Waals surface area contributed by atoms with Crippen molar-refractivity contribution in [2.75, 3.05) is 13.1 Å². The number of amides is 3. The van der Waals surface area contributed by atoms with Gasteiger partial charge in [-0.15, -0.1) is 0 Å². The molecule has 2 aliphatic rings. The van der Waals surface area contributed by atoms with Crippen LogP contribution in [0.1, 0.15) is 30.9 Å². The molecule has 5 heteroatoms. The van der Waals surface area contributed by atoms with Gasteiger partial charge in [0.25, 0.3) is 5.91 Å². The number of nitrogens with zero attached hydrogens (tertiary/aromatic N) is 1. The van der Waals surface area contributed by atoms with Crippen LogP contribution in [0.15, 0.2) is 24.3 Å². The molecule has 2 N–H and O–H groups in total. The quantitative estimate of drug-likeness (QED) is 0.827. The van der Waals surface area contributed by atoms with E-state index in [0.29, 0.717) is 13.1 Å². The van der Waals surface area contributed by atoms with E-state index in [0.717, 1.165) is 31.4 Å². The Bertz CT molecular complexity index is 547. The zero-order valence-electron chi connectivity index (χ0n) is 12.3. The Morgan fingerprint density at radius 3 is 2.52 bits per heavy atom. The second-order valence-corrected chi connectivity index (χ2v) is 5.85. The molecule has 1 aromatic rings. The maximum atomic E-state index is 12.6. The van der Waals surface area contributed by atoms with Crippen LogP contribution in [0.4, 0.5) is 4.79 Å². The minimum atomic E-state index is -0.724. The summed E-state index contributed by atoms with van der Waals surface area (Å²) < 4.78 is 0. The molecule has 1 unspecified atom stereocenters. The smallest absolute Gasteiger partial charge is 0.322 e. The summed E-state index contributed by atoms with van der Waals surface area (Å²) in [4.78, 5) is 26.1. The number of urea groups is 1. The van der Waals surface area contributed by atoms with Crippen molar-refractivity contribution >= 4 is 11.9 Å². The average Bonchev–Trinajstić information content (AvgIpc) is 2.73. The molecule has 3 rings (SSSR count). The Morgan fingerprint density at radius 1 is 1.19 bits per heavy atom. The molecule has 5 nitrogen and oxygen atoms in total. The van der Waals surface area contributed by atoms with Crippen molar-refractivity contribution in [2.24, 2.45) is 0 Å². The second-order valence-electron chi connectivity index (χ2n) is 5.85. The fourth-order valence-electron chi connectivity index (χ4n) is 3.08. The predicted octanol–water partition coefficient (Wildman–Crippen LogP) is 1.42. The van der Waals surface area contributed by atoms with Gasteiger partial charge in [-0.05, 0) is 36.9 Å². The Balaban J connectivity index is 1.75. The lowest BCUT2D eigenvalue weighted by Gasteiger charge is -2.31. The van der Waals surface area contributed by atoms with Crippen LogP contribution in [0.5, 0.6) is 0 Å². The van der Waals surface area contributed by atoms with Gasteiger partial charge in [-0.1, -0.05) is 31.2 Å². The number of piperidine rings is 1. The second kappa shape index (κ2) is 5.48. The molecule has 2 saturated heterocycles. The first-order chi connectivity index (χ1) is 10.1. The molecule has 2 fully saturated rings. The summed E-state index contributed by atoms with van der Waals surface area (Å²) in [6.07, 6.45) is 2.61. The van der Waals surface area contributed by atoms with Crippen LogP contribution in [-0.4, -0.2) is 35.5 Å². The lowest BCUT2D eigenvalue weighted by Crippen LogP contribution is -2.57. The monoisotopic (exact) mass is 287 g/mol. The fourth-order valence-corrected chi connectivity index (χ4v) is 3.08. The van der Waals surface area contributed by atoms with E-state index in [4.69, 9.17) is 0 Å². The molecule has 0 bridgehead atoms. The third kappa shape index (κ3) is 2.53. The minimum Gasteiger partial charge on any atom is -0.322 e. The largest absolute Gasteiger partial charge is 0.325 e. The van der Waals surface area contributed by atoms with E-state index in [1.807, 2.05) is 24.3 Å². The molecule has 1 spiro atoms. The van der Waals surface area contributed by atoms with Crippen molar-refractivity contribution in [2.45, 2.75) is 38.3 Å². The van der Waals surface area contributed by atoms with Gasteiger partial charge in [-0.25, -0.2) is 4.79 Å². The van der Waals surface area contributed by atoms with Crippen molar-refractivity contribution in [3.8, 4) is 0 Å². The third-order valence-electron chi connectivity index (χ3n) is 4.40. The molecule has 0 saturated carbocycles. The molecular formula is C16H21N3O2. The zero-order valence-corrected chi connectivity index (χ0v) is 12.3. The number of carbonyl (C=O) groups is 2. The Labute approximate surface area is 124 Å². The Hall–Kier alpha value is -1.88. The molecule has 112 valence electrons. The SMILES string of the molecule is CCc1ccc(CN2C(=O)NC3(CCCNC3)C2=O)cc1. The molecule has 1 aromatic carbocycles. The first-order valence-electron chi connectivity index (χ1n) is 7.57. The summed E-state index contributed by atoms with van der Waals surface area (Å²) in [5, 5.41) is 6.09. The lowest BCUT2D eigenvalue weighted by molar-refractivity contribution is -0.132. The summed E-state index contributed by atoms with van der Waals surface area (Å²) in [5.41, 5.74) is 1.51. The van der Waals surface area contributed by atoms with Crippen LogP contribution in [0, 0.1) is 0 Å². The van der Waals surface area contributed by atoms with Gasteiger partial charge in [0.1, 0.15) is 5.54 Å². The van der Waals surface area contributed by atoms with Crippen LogP contribution in [0.25, 0.3) is 0 Å². The molecule has 0 aromatic heterocycles. The highest BCUT2D eigenvalue weighted by Crippen LogP contribution is 2.26. The standard InChI is InChI=1S/C16H21N3O2/c1-2-12-4-6-13(7-5-12)10-19-14(20)16(18-15(19)21)8-3-9-17-11-16/h4-7,17H,2-3,8-11H2,1H3,(H,18,21). The molecule has 0 aliphatic carbocycles. The van der Waals surface area contributed by atoms with E-state index in [1.54, 1.807) is 0 Å². The lowest BCUT2D eigenvalue weighted by atomic mass is 9.90. The van der Waals surface area contributed by atoms with E-state index in [-0.39, 0.29) is 11.9 Å². The van der Waals surface area contributed by atoms with E-state index < -0.39 is 5.54 Å². The highest BCUT2D eigenvalue weighted by atomic mass is 16.2. The molecule has 2 aliphatic heterocycles. The number of hydrogen-bond acceptors (Lipinski definition) is 3. The van der Waals surface area contributed by atoms with E-state index in [2.05, 4.69) is 17.6 Å². The van der Waals surface area contributed by atoms with Crippen LogP contribution < -0.4 is 10.6 Å². The zero-order chi connectivity index (χ0) is 14.9. The van der Waals surface area contributed by atoms with Crippen LogP contribution in [0.2, 0.25) is 0 Å². The van der Waals surface area contributed by atoms with Crippen molar-refractivity contribution in [3.63, 3.8) is 0 Å². The number of nitrogens with one attached hydrogen (secondary N) is 2. The number of imide groups is 1. The highest BCUT2D eigenvalue weighted by Gasteiger charge is 2.51. The van der Waals surface area contributed by atoms with E-state index in [9.17, 15) is 9.59 Å². The summed E-state index contributed by atoms with van der Waals surface area (Å²) in [6.45, 7) is 3.88. The average molecular weight is 287 g/mol. The van der Waals surface area contributed by atoms with E-state index in [1.165, 1.54) is 10.5 Å². The molecule has 2 heterocycles. The van der Waals surface area contributed by atoms with Crippen molar-refractivity contribution < 1.29 is 9.59 Å². The van der Waals surface area contributed by atoms with Crippen molar-refractivity contribution in [1.82, 2.24) is 15.5 Å². The number of benzene rings is 1. The summed E-state index contributed by atoms with van der Waals surface area (Å²) in [6, 6.07) is 7.80.